The lowest BCUT2D eigenvalue weighted by Crippen LogP contribution is -2.19. The molecule has 1 atom stereocenters. The van der Waals surface area contributed by atoms with Crippen molar-refractivity contribution in [2.24, 2.45) is 0 Å². The molecule has 106 valence electrons. The molecule has 0 amide bonds. The van der Waals surface area contributed by atoms with Gasteiger partial charge in [-0.3, -0.25) is 0 Å². The second-order valence-electron chi connectivity index (χ2n) is 5.03. The van der Waals surface area contributed by atoms with Crippen LogP contribution in [0.1, 0.15) is 29.5 Å². The molecule has 3 heteroatoms. The number of aliphatic hydroxyl groups is 1. The van der Waals surface area contributed by atoms with Gasteiger partial charge in [0.15, 0.2) is 0 Å². The summed E-state index contributed by atoms with van der Waals surface area (Å²) in [6.07, 6.45) is 0. The quantitative estimate of drug-likeness (QED) is 0.847. The van der Waals surface area contributed by atoms with Crippen LogP contribution < -0.4 is 5.32 Å². The highest BCUT2D eigenvalue weighted by atomic mass is 19.1. The number of rotatable bonds is 6. The average Bonchev–Trinajstić information content (AvgIpc) is 2.48. The normalized spacial score (nSPS) is 12.3. The maximum atomic E-state index is 13.5. The molecule has 0 heterocycles. The van der Waals surface area contributed by atoms with Crippen molar-refractivity contribution >= 4 is 0 Å². The minimum absolute atomic E-state index is 0.259. The van der Waals surface area contributed by atoms with Gasteiger partial charge in [0.25, 0.3) is 0 Å². The molecule has 0 aliphatic carbocycles. The van der Waals surface area contributed by atoms with Crippen molar-refractivity contribution in [3.8, 4) is 0 Å². The first-order chi connectivity index (χ1) is 9.70. The Morgan fingerprint density at radius 1 is 1.15 bits per heavy atom. The molecular formula is C17H20FNO. The van der Waals surface area contributed by atoms with E-state index in [0.29, 0.717) is 18.0 Å². The van der Waals surface area contributed by atoms with Gasteiger partial charge in [-0.2, -0.15) is 0 Å². The summed E-state index contributed by atoms with van der Waals surface area (Å²) in [7, 11) is 0. The van der Waals surface area contributed by atoms with Crippen LogP contribution in [0.15, 0.2) is 48.5 Å². The van der Waals surface area contributed by atoms with E-state index in [1.165, 1.54) is 11.6 Å². The summed E-state index contributed by atoms with van der Waals surface area (Å²) < 4.78 is 13.5. The van der Waals surface area contributed by atoms with Crippen LogP contribution >= 0.6 is 0 Å². The Kier molecular flexibility index (Phi) is 5.27. The van der Waals surface area contributed by atoms with Crippen LogP contribution in [-0.4, -0.2) is 11.7 Å². The number of aliphatic hydroxyl groups excluding tert-OH is 1. The molecule has 2 rings (SSSR count). The van der Waals surface area contributed by atoms with Gasteiger partial charge in [-0.05, 0) is 23.1 Å². The van der Waals surface area contributed by atoms with Crippen LogP contribution in [0, 0.1) is 5.82 Å². The second kappa shape index (κ2) is 7.17. The minimum atomic E-state index is -0.345. The third-order valence-electron chi connectivity index (χ3n) is 3.44. The van der Waals surface area contributed by atoms with Crippen LogP contribution in [0.5, 0.6) is 0 Å². The molecule has 0 radical (unpaired) electrons. The van der Waals surface area contributed by atoms with Gasteiger partial charge in [-0.25, -0.2) is 4.39 Å². The Morgan fingerprint density at radius 3 is 2.55 bits per heavy atom. The molecule has 0 spiro atoms. The smallest absolute Gasteiger partial charge is 0.129 e. The molecule has 0 bridgehead atoms. The molecule has 20 heavy (non-hydrogen) atoms. The zero-order valence-electron chi connectivity index (χ0n) is 11.6. The van der Waals surface area contributed by atoms with Crippen molar-refractivity contribution in [3.63, 3.8) is 0 Å². The van der Waals surface area contributed by atoms with E-state index in [0.717, 1.165) is 12.1 Å². The fraction of sp³-hybridized carbons (Fsp3) is 0.294. The first kappa shape index (κ1) is 14.7. The van der Waals surface area contributed by atoms with Crippen LogP contribution in [0.3, 0.4) is 0 Å². The summed E-state index contributed by atoms with van der Waals surface area (Å²) in [5, 5.41) is 12.3. The lowest BCUT2D eigenvalue weighted by atomic mass is 10.0. The van der Waals surface area contributed by atoms with Gasteiger partial charge in [0, 0.05) is 18.7 Å². The van der Waals surface area contributed by atoms with E-state index in [1.54, 1.807) is 6.07 Å². The van der Waals surface area contributed by atoms with Crippen molar-refractivity contribution in [2.45, 2.75) is 26.0 Å². The van der Waals surface area contributed by atoms with Crippen molar-refractivity contribution in [3.05, 3.63) is 71.0 Å². The SMILES string of the molecule is CC(CNCc1ccc(CO)c(F)c1)c1ccccc1. The van der Waals surface area contributed by atoms with Crippen LogP contribution in [0.4, 0.5) is 4.39 Å². The van der Waals surface area contributed by atoms with E-state index in [-0.39, 0.29) is 12.4 Å². The number of benzene rings is 2. The molecule has 2 N–H and O–H groups in total. The Hall–Kier alpha value is -1.71. The third kappa shape index (κ3) is 3.89. The van der Waals surface area contributed by atoms with Gasteiger partial charge in [0.1, 0.15) is 5.82 Å². The Labute approximate surface area is 119 Å². The number of hydrogen-bond acceptors (Lipinski definition) is 2. The van der Waals surface area contributed by atoms with Gasteiger partial charge in [0.2, 0.25) is 0 Å². The van der Waals surface area contributed by atoms with E-state index in [1.807, 2.05) is 24.3 Å². The molecule has 2 aromatic rings. The first-order valence-corrected chi connectivity index (χ1v) is 6.84. The van der Waals surface area contributed by atoms with E-state index >= 15 is 0 Å². The topological polar surface area (TPSA) is 32.3 Å². The lowest BCUT2D eigenvalue weighted by molar-refractivity contribution is 0.275. The monoisotopic (exact) mass is 273 g/mol. The van der Waals surface area contributed by atoms with Crippen molar-refractivity contribution in [2.75, 3.05) is 6.54 Å². The molecule has 2 aromatic carbocycles. The summed E-state index contributed by atoms with van der Waals surface area (Å²) in [6.45, 7) is 3.37. The molecule has 0 aromatic heterocycles. The largest absolute Gasteiger partial charge is 0.392 e. The summed E-state index contributed by atoms with van der Waals surface area (Å²) in [5.74, 6) is 0.0701. The van der Waals surface area contributed by atoms with Crippen LogP contribution in [0.25, 0.3) is 0 Å². The molecular weight excluding hydrogens is 253 g/mol. The predicted molar refractivity (Wildman–Crippen MR) is 78.9 cm³/mol. The van der Waals surface area contributed by atoms with Crippen LogP contribution in [-0.2, 0) is 13.2 Å². The first-order valence-electron chi connectivity index (χ1n) is 6.84. The van der Waals surface area contributed by atoms with Gasteiger partial charge >= 0.3 is 0 Å². The Morgan fingerprint density at radius 2 is 1.90 bits per heavy atom. The van der Waals surface area contributed by atoms with Gasteiger partial charge in [-0.15, -0.1) is 0 Å². The summed E-state index contributed by atoms with van der Waals surface area (Å²) >= 11 is 0. The number of nitrogens with one attached hydrogen (secondary N) is 1. The zero-order chi connectivity index (χ0) is 14.4. The fourth-order valence-electron chi connectivity index (χ4n) is 2.16. The zero-order valence-corrected chi connectivity index (χ0v) is 11.6. The van der Waals surface area contributed by atoms with Gasteiger partial charge in [-0.1, -0.05) is 49.4 Å². The summed E-state index contributed by atoms with van der Waals surface area (Å²) in [4.78, 5) is 0. The minimum Gasteiger partial charge on any atom is -0.392 e. The number of hydrogen-bond donors (Lipinski definition) is 2. The van der Waals surface area contributed by atoms with Crippen molar-refractivity contribution in [1.29, 1.82) is 0 Å². The van der Waals surface area contributed by atoms with E-state index in [2.05, 4.69) is 24.4 Å². The maximum absolute atomic E-state index is 13.5. The predicted octanol–water partition coefficient (Wildman–Crippen LogP) is 3.21. The molecule has 0 saturated heterocycles. The fourth-order valence-corrected chi connectivity index (χ4v) is 2.16. The van der Waals surface area contributed by atoms with E-state index < -0.39 is 0 Å². The summed E-state index contributed by atoms with van der Waals surface area (Å²) in [6, 6.07) is 15.3. The average molecular weight is 273 g/mol. The van der Waals surface area contributed by atoms with Crippen molar-refractivity contribution in [1.82, 2.24) is 5.32 Å². The number of halogens is 1. The molecule has 0 saturated carbocycles. The lowest BCUT2D eigenvalue weighted by Gasteiger charge is -2.13. The highest BCUT2D eigenvalue weighted by Crippen LogP contribution is 2.14. The second-order valence-corrected chi connectivity index (χ2v) is 5.03. The van der Waals surface area contributed by atoms with Gasteiger partial charge in [0.05, 0.1) is 6.61 Å². The molecule has 1 unspecified atom stereocenters. The Balaban J connectivity index is 1.85. The molecule has 0 aliphatic heterocycles. The van der Waals surface area contributed by atoms with Gasteiger partial charge < -0.3 is 10.4 Å². The Bertz CT molecular complexity index is 542. The maximum Gasteiger partial charge on any atom is 0.129 e. The highest BCUT2D eigenvalue weighted by Gasteiger charge is 2.05. The molecule has 0 fully saturated rings. The summed E-state index contributed by atoms with van der Waals surface area (Å²) in [5.41, 5.74) is 2.52. The molecule has 0 aliphatic rings. The highest BCUT2D eigenvalue weighted by molar-refractivity contribution is 5.24. The standard InChI is InChI=1S/C17H20FNO/c1-13(15-5-3-2-4-6-15)10-19-11-14-7-8-16(12-20)17(18)9-14/h2-9,13,19-20H,10-12H2,1H3. The molecule has 2 nitrogen and oxygen atoms in total. The van der Waals surface area contributed by atoms with E-state index in [9.17, 15) is 4.39 Å². The van der Waals surface area contributed by atoms with E-state index in [4.69, 9.17) is 5.11 Å². The van der Waals surface area contributed by atoms with Crippen LogP contribution in [0.2, 0.25) is 0 Å². The van der Waals surface area contributed by atoms with Crippen molar-refractivity contribution < 1.29 is 9.50 Å². The third-order valence-corrected chi connectivity index (χ3v) is 3.44.